The van der Waals surface area contributed by atoms with Crippen molar-refractivity contribution in [1.29, 1.82) is 0 Å². The van der Waals surface area contributed by atoms with Gasteiger partial charge in [0.05, 0.1) is 12.6 Å². The SMILES string of the molecule is CCNC(=NCc1cccs1)NCC1CCCOC1c1ccc(C)cc1.I. The summed E-state index contributed by atoms with van der Waals surface area (Å²) in [4.78, 5) is 5.99. The first-order valence-electron chi connectivity index (χ1n) is 9.49. The van der Waals surface area contributed by atoms with Crippen LogP contribution in [0.25, 0.3) is 0 Å². The molecule has 1 fully saturated rings. The van der Waals surface area contributed by atoms with E-state index in [0.717, 1.165) is 38.6 Å². The van der Waals surface area contributed by atoms with E-state index in [2.05, 4.69) is 66.3 Å². The minimum Gasteiger partial charge on any atom is -0.373 e. The normalized spacial score (nSPS) is 20.0. The van der Waals surface area contributed by atoms with Gasteiger partial charge in [-0.25, -0.2) is 4.99 Å². The second-order valence-electron chi connectivity index (χ2n) is 6.76. The molecule has 1 aliphatic rings. The van der Waals surface area contributed by atoms with Crippen molar-refractivity contribution in [2.75, 3.05) is 19.7 Å². The number of rotatable bonds is 6. The maximum absolute atomic E-state index is 6.13. The van der Waals surface area contributed by atoms with Crippen LogP contribution in [0.1, 0.15) is 41.9 Å². The van der Waals surface area contributed by atoms with Gasteiger partial charge in [0.2, 0.25) is 0 Å². The maximum atomic E-state index is 6.13. The maximum Gasteiger partial charge on any atom is 0.191 e. The van der Waals surface area contributed by atoms with Gasteiger partial charge in [-0.05, 0) is 43.7 Å². The number of thiophene rings is 1. The number of ether oxygens (including phenoxy) is 1. The van der Waals surface area contributed by atoms with Crippen LogP contribution in [0.3, 0.4) is 0 Å². The van der Waals surface area contributed by atoms with E-state index in [9.17, 15) is 0 Å². The summed E-state index contributed by atoms with van der Waals surface area (Å²) in [6, 6.07) is 12.9. The Morgan fingerprint density at radius 3 is 2.74 bits per heavy atom. The Bertz CT molecular complexity index is 688. The molecule has 0 saturated carbocycles. The molecule has 0 bridgehead atoms. The van der Waals surface area contributed by atoms with Crippen molar-refractivity contribution < 1.29 is 4.74 Å². The van der Waals surface area contributed by atoms with E-state index in [1.54, 1.807) is 11.3 Å². The number of halogens is 1. The van der Waals surface area contributed by atoms with Crippen molar-refractivity contribution >= 4 is 41.3 Å². The summed E-state index contributed by atoms with van der Waals surface area (Å²) in [6.07, 6.45) is 2.46. The molecule has 27 heavy (non-hydrogen) atoms. The molecule has 1 aliphatic heterocycles. The van der Waals surface area contributed by atoms with Crippen LogP contribution in [0.15, 0.2) is 46.8 Å². The topological polar surface area (TPSA) is 45.7 Å². The standard InChI is InChI=1S/C21H29N3OS.HI/c1-3-22-21(24-15-19-7-5-13-26-19)23-14-18-6-4-12-25-20(18)17-10-8-16(2)9-11-17;/h5,7-11,13,18,20H,3-4,6,12,14-15H2,1-2H3,(H2,22,23,24);1H. The minimum absolute atomic E-state index is 0. The second kappa shape index (κ2) is 11.7. The predicted molar refractivity (Wildman–Crippen MR) is 125 cm³/mol. The van der Waals surface area contributed by atoms with Crippen molar-refractivity contribution in [2.24, 2.45) is 10.9 Å². The second-order valence-corrected chi connectivity index (χ2v) is 7.79. The number of aryl methyl sites for hydroxylation is 1. The highest BCUT2D eigenvalue weighted by Crippen LogP contribution is 2.33. The Morgan fingerprint density at radius 2 is 2.04 bits per heavy atom. The fourth-order valence-corrected chi connectivity index (χ4v) is 3.93. The lowest BCUT2D eigenvalue weighted by Crippen LogP contribution is -2.42. The van der Waals surface area contributed by atoms with Gasteiger partial charge in [0.1, 0.15) is 0 Å². The van der Waals surface area contributed by atoms with Gasteiger partial charge in [0.15, 0.2) is 5.96 Å². The Kier molecular flexibility index (Phi) is 9.58. The summed E-state index contributed by atoms with van der Waals surface area (Å²) in [7, 11) is 0. The van der Waals surface area contributed by atoms with Crippen molar-refractivity contribution in [1.82, 2.24) is 10.6 Å². The van der Waals surface area contributed by atoms with Crippen LogP contribution >= 0.6 is 35.3 Å². The summed E-state index contributed by atoms with van der Waals surface area (Å²) in [5.41, 5.74) is 2.57. The van der Waals surface area contributed by atoms with Crippen LogP contribution < -0.4 is 10.6 Å². The molecule has 4 nitrogen and oxygen atoms in total. The third kappa shape index (κ3) is 6.76. The van der Waals surface area contributed by atoms with Crippen LogP contribution in [0.5, 0.6) is 0 Å². The van der Waals surface area contributed by atoms with Crippen molar-refractivity contribution in [3.63, 3.8) is 0 Å². The van der Waals surface area contributed by atoms with Gasteiger partial charge in [-0.2, -0.15) is 0 Å². The molecule has 2 N–H and O–H groups in total. The fourth-order valence-electron chi connectivity index (χ4n) is 3.31. The minimum atomic E-state index is 0. The Hall–Kier alpha value is -1.12. The summed E-state index contributed by atoms with van der Waals surface area (Å²) >= 11 is 1.75. The molecule has 2 aromatic rings. The molecular weight excluding hydrogens is 469 g/mol. The number of nitrogens with zero attached hydrogens (tertiary/aromatic N) is 1. The molecule has 148 valence electrons. The van der Waals surface area contributed by atoms with Crippen molar-refractivity contribution in [3.8, 4) is 0 Å². The molecular formula is C21H30IN3OS. The molecule has 2 heterocycles. The smallest absolute Gasteiger partial charge is 0.191 e. The summed E-state index contributed by atoms with van der Waals surface area (Å²) < 4.78 is 6.13. The molecule has 2 atom stereocenters. The van der Waals surface area contributed by atoms with E-state index in [4.69, 9.17) is 9.73 Å². The van der Waals surface area contributed by atoms with Crippen molar-refractivity contribution in [3.05, 3.63) is 57.8 Å². The average Bonchev–Trinajstić information content (AvgIpc) is 3.19. The molecule has 3 rings (SSSR count). The van der Waals surface area contributed by atoms with E-state index in [1.165, 1.54) is 22.4 Å². The summed E-state index contributed by atoms with van der Waals surface area (Å²) in [6.45, 7) is 7.52. The van der Waals surface area contributed by atoms with E-state index in [1.807, 2.05) is 0 Å². The van der Waals surface area contributed by atoms with E-state index in [-0.39, 0.29) is 30.1 Å². The van der Waals surface area contributed by atoms with Gasteiger partial charge in [-0.3, -0.25) is 0 Å². The third-order valence-electron chi connectivity index (χ3n) is 4.70. The van der Waals surface area contributed by atoms with Crippen LogP contribution in [0.4, 0.5) is 0 Å². The Morgan fingerprint density at radius 1 is 1.22 bits per heavy atom. The first-order chi connectivity index (χ1) is 12.8. The highest BCUT2D eigenvalue weighted by molar-refractivity contribution is 14.0. The van der Waals surface area contributed by atoms with Gasteiger partial charge in [-0.15, -0.1) is 35.3 Å². The molecule has 0 amide bonds. The number of guanidine groups is 1. The van der Waals surface area contributed by atoms with Gasteiger partial charge in [0, 0.05) is 30.5 Å². The largest absolute Gasteiger partial charge is 0.373 e. The lowest BCUT2D eigenvalue weighted by Gasteiger charge is -2.32. The quantitative estimate of drug-likeness (QED) is 0.338. The lowest BCUT2D eigenvalue weighted by atomic mass is 9.89. The first-order valence-corrected chi connectivity index (χ1v) is 10.4. The van der Waals surface area contributed by atoms with Crippen molar-refractivity contribution in [2.45, 2.75) is 39.3 Å². The van der Waals surface area contributed by atoms with E-state index >= 15 is 0 Å². The van der Waals surface area contributed by atoms with Gasteiger partial charge in [-0.1, -0.05) is 35.9 Å². The van der Waals surface area contributed by atoms with Gasteiger partial charge in [0.25, 0.3) is 0 Å². The third-order valence-corrected chi connectivity index (χ3v) is 5.56. The monoisotopic (exact) mass is 499 g/mol. The molecule has 0 aliphatic carbocycles. The van der Waals surface area contributed by atoms with Crippen LogP contribution in [0.2, 0.25) is 0 Å². The zero-order chi connectivity index (χ0) is 18.2. The summed E-state index contributed by atoms with van der Waals surface area (Å²) in [5, 5.41) is 8.97. The zero-order valence-electron chi connectivity index (χ0n) is 16.1. The van der Waals surface area contributed by atoms with Gasteiger partial charge >= 0.3 is 0 Å². The molecule has 1 aromatic carbocycles. The van der Waals surface area contributed by atoms with Crippen LogP contribution in [-0.2, 0) is 11.3 Å². The number of nitrogens with one attached hydrogen (secondary N) is 2. The number of hydrogen-bond acceptors (Lipinski definition) is 3. The Balaban J connectivity index is 0.00000261. The highest BCUT2D eigenvalue weighted by atomic mass is 127. The zero-order valence-corrected chi connectivity index (χ0v) is 19.3. The van der Waals surface area contributed by atoms with Crippen LogP contribution in [0, 0.1) is 12.8 Å². The van der Waals surface area contributed by atoms with Crippen LogP contribution in [-0.4, -0.2) is 25.7 Å². The first kappa shape index (κ1) is 22.2. The van der Waals surface area contributed by atoms with E-state index in [0.29, 0.717) is 5.92 Å². The lowest BCUT2D eigenvalue weighted by molar-refractivity contribution is -0.0265. The molecule has 1 saturated heterocycles. The number of aliphatic imine (C=N–C) groups is 1. The average molecular weight is 499 g/mol. The predicted octanol–water partition coefficient (Wildman–Crippen LogP) is 4.90. The van der Waals surface area contributed by atoms with Gasteiger partial charge < -0.3 is 15.4 Å². The molecule has 1 aromatic heterocycles. The fraction of sp³-hybridized carbons (Fsp3) is 0.476. The molecule has 2 unspecified atom stereocenters. The summed E-state index contributed by atoms with van der Waals surface area (Å²) in [5.74, 6) is 1.34. The molecule has 6 heteroatoms. The highest BCUT2D eigenvalue weighted by Gasteiger charge is 2.27. The molecule has 0 radical (unpaired) electrons. The van der Waals surface area contributed by atoms with E-state index < -0.39 is 0 Å². The Labute approximate surface area is 183 Å². The molecule has 0 spiro atoms. The number of hydrogen-bond donors (Lipinski definition) is 2. The number of benzene rings is 1.